The molecule has 26 heavy (non-hydrogen) atoms. The molecule has 0 unspecified atom stereocenters. The fraction of sp³-hybridized carbons (Fsp3) is 0.0476. The molecular weight excluding hydrogens is 326 g/mol. The van der Waals surface area contributed by atoms with E-state index in [1.807, 2.05) is 71.4 Å². The Hall–Kier alpha value is -3.60. The quantitative estimate of drug-likeness (QED) is 0.592. The van der Waals surface area contributed by atoms with E-state index in [4.69, 9.17) is 4.74 Å². The maximum absolute atomic E-state index is 12.4. The van der Waals surface area contributed by atoms with Gasteiger partial charge >= 0.3 is 0 Å². The summed E-state index contributed by atoms with van der Waals surface area (Å²) < 4.78 is 7.75. The molecule has 1 amide bonds. The number of imidazole rings is 1. The van der Waals surface area contributed by atoms with Crippen molar-refractivity contribution in [3.05, 3.63) is 96.4 Å². The Labute approximate surface area is 150 Å². The highest BCUT2D eigenvalue weighted by molar-refractivity contribution is 6.04. The summed E-state index contributed by atoms with van der Waals surface area (Å²) in [6, 6.07) is 22.3. The third kappa shape index (κ3) is 3.57. The van der Waals surface area contributed by atoms with Crippen molar-refractivity contribution in [2.24, 2.45) is 0 Å². The monoisotopic (exact) mass is 343 g/mol. The van der Waals surface area contributed by atoms with Gasteiger partial charge in [-0.2, -0.15) is 0 Å². The van der Waals surface area contributed by atoms with Crippen LogP contribution in [0.3, 0.4) is 0 Å². The van der Waals surface area contributed by atoms with Gasteiger partial charge in [-0.1, -0.05) is 30.3 Å². The molecule has 0 spiro atoms. The molecule has 5 nitrogen and oxygen atoms in total. The number of benzene rings is 2. The van der Waals surface area contributed by atoms with E-state index in [0.717, 1.165) is 17.0 Å². The molecule has 128 valence electrons. The Bertz CT molecular complexity index is 1010. The third-order valence-corrected chi connectivity index (χ3v) is 3.93. The van der Waals surface area contributed by atoms with Crippen LogP contribution in [0.5, 0.6) is 5.75 Å². The fourth-order valence-corrected chi connectivity index (χ4v) is 2.67. The van der Waals surface area contributed by atoms with E-state index in [9.17, 15) is 4.79 Å². The number of pyridine rings is 1. The molecule has 0 bridgehead atoms. The molecule has 5 heteroatoms. The van der Waals surface area contributed by atoms with Gasteiger partial charge in [0, 0.05) is 23.6 Å². The van der Waals surface area contributed by atoms with Crippen molar-refractivity contribution in [3.63, 3.8) is 0 Å². The van der Waals surface area contributed by atoms with Crippen LogP contribution in [-0.4, -0.2) is 15.3 Å². The molecule has 0 atom stereocenters. The van der Waals surface area contributed by atoms with Crippen molar-refractivity contribution in [3.8, 4) is 5.75 Å². The van der Waals surface area contributed by atoms with E-state index in [2.05, 4.69) is 10.3 Å². The van der Waals surface area contributed by atoms with Crippen molar-refractivity contribution in [1.29, 1.82) is 0 Å². The Morgan fingerprint density at radius 2 is 1.85 bits per heavy atom. The summed E-state index contributed by atoms with van der Waals surface area (Å²) >= 11 is 0. The number of amides is 1. The number of carbonyl (C=O) groups is 1. The van der Waals surface area contributed by atoms with Crippen LogP contribution in [-0.2, 0) is 6.61 Å². The summed E-state index contributed by atoms with van der Waals surface area (Å²) in [6.45, 7) is 0.339. The van der Waals surface area contributed by atoms with Crippen LogP contribution >= 0.6 is 0 Å². The predicted molar refractivity (Wildman–Crippen MR) is 100 cm³/mol. The average molecular weight is 343 g/mol. The lowest BCUT2D eigenvalue weighted by atomic mass is 10.2. The number of nitrogens with zero attached hydrogens (tertiary/aromatic N) is 2. The van der Waals surface area contributed by atoms with Gasteiger partial charge in [-0.15, -0.1) is 0 Å². The smallest absolute Gasteiger partial charge is 0.255 e. The minimum absolute atomic E-state index is 0.172. The maximum atomic E-state index is 12.4. The number of fused-ring (bicyclic) bond motifs is 1. The van der Waals surface area contributed by atoms with Crippen molar-refractivity contribution >= 4 is 17.2 Å². The lowest BCUT2D eigenvalue weighted by Gasteiger charge is -2.08. The van der Waals surface area contributed by atoms with E-state index >= 15 is 0 Å². The standard InChI is InChI=1S/C21H17N3O2/c25-21(23-17-8-2-1-3-9-17)16-7-6-10-19(13-16)26-15-18-14-24-12-5-4-11-20(24)22-18/h1-14H,15H2,(H,23,25). The largest absolute Gasteiger partial charge is 0.487 e. The minimum atomic E-state index is -0.172. The van der Waals surface area contributed by atoms with Gasteiger partial charge in [-0.05, 0) is 42.5 Å². The number of ether oxygens (including phenoxy) is 1. The molecule has 0 radical (unpaired) electrons. The molecule has 2 heterocycles. The van der Waals surface area contributed by atoms with Crippen LogP contribution < -0.4 is 10.1 Å². The highest BCUT2D eigenvalue weighted by atomic mass is 16.5. The van der Waals surface area contributed by atoms with Gasteiger partial charge < -0.3 is 14.5 Å². The van der Waals surface area contributed by atoms with E-state index < -0.39 is 0 Å². The SMILES string of the molecule is O=C(Nc1ccccc1)c1cccc(OCc2cn3ccccc3n2)c1. The van der Waals surface area contributed by atoms with Crippen LogP contribution in [0.4, 0.5) is 5.69 Å². The average Bonchev–Trinajstić information content (AvgIpc) is 3.10. The Morgan fingerprint density at radius 1 is 1.00 bits per heavy atom. The first-order chi connectivity index (χ1) is 12.8. The lowest BCUT2D eigenvalue weighted by Crippen LogP contribution is -2.11. The molecule has 2 aromatic carbocycles. The van der Waals surface area contributed by atoms with Crippen molar-refractivity contribution in [1.82, 2.24) is 9.38 Å². The van der Waals surface area contributed by atoms with E-state index in [1.165, 1.54) is 0 Å². The van der Waals surface area contributed by atoms with E-state index in [1.54, 1.807) is 18.2 Å². The molecule has 0 aliphatic heterocycles. The number of para-hydroxylation sites is 1. The highest BCUT2D eigenvalue weighted by Gasteiger charge is 2.08. The molecule has 4 rings (SSSR count). The summed E-state index contributed by atoms with van der Waals surface area (Å²) in [4.78, 5) is 16.9. The van der Waals surface area contributed by atoms with Crippen molar-refractivity contribution < 1.29 is 9.53 Å². The fourth-order valence-electron chi connectivity index (χ4n) is 2.67. The van der Waals surface area contributed by atoms with Crippen molar-refractivity contribution in [2.45, 2.75) is 6.61 Å². The molecule has 0 aliphatic rings. The number of carbonyl (C=O) groups excluding carboxylic acids is 1. The molecular formula is C21H17N3O2. The van der Waals surface area contributed by atoms with Crippen LogP contribution in [0.25, 0.3) is 5.65 Å². The van der Waals surface area contributed by atoms with Gasteiger partial charge in [0.25, 0.3) is 5.91 Å². The second-order valence-corrected chi connectivity index (χ2v) is 5.84. The Morgan fingerprint density at radius 3 is 2.69 bits per heavy atom. The Balaban J connectivity index is 1.44. The Kier molecular flexibility index (Phi) is 4.35. The van der Waals surface area contributed by atoms with Gasteiger partial charge in [0.1, 0.15) is 18.0 Å². The van der Waals surface area contributed by atoms with Crippen LogP contribution in [0.2, 0.25) is 0 Å². The van der Waals surface area contributed by atoms with E-state index in [-0.39, 0.29) is 5.91 Å². The van der Waals surface area contributed by atoms with Crippen molar-refractivity contribution in [2.75, 3.05) is 5.32 Å². The number of aromatic nitrogens is 2. The minimum Gasteiger partial charge on any atom is -0.487 e. The number of hydrogen-bond donors (Lipinski definition) is 1. The number of nitrogens with one attached hydrogen (secondary N) is 1. The summed E-state index contributed by atoms with van der Waals surface area (Å²) in [6.07, 6.45) is 3.88. The molecule has 0 aliphatic carbocycles. The summed E-state index contributed by atoms with van der Waals surface area (Å²) in [7, 11) is 0. The normalized spacial score (nSPS) is 10.6. The zero-order valence-electron chi connectivity index (χ0n) is 14.0. The van der Waals surface area contributed by atoms with Gasteiger partial charge in [-0.25, -0.2) is 4.98 Å². The predicted octanol–water partition coefficient (Wildman–Crippen LogP) is 4.17. The molecule has 4 aromatic rings. The molecule has 0 saturated heterocycles. The molecule has 0 saturated carbocycles. The molecule has 0 fully saturated rings. The number of anilines is 1. The first kappa shape index (κ1) is 15.9. The van der Waals surface area contributed by atoms with Gasteiger partial charge in [0.2, 0.25) is 0 Å². The number of rotatable bonds is 5. The zero-order chi connectivity index (χ0) is 17.8. The third-order valence-electron chi connectivity index (χ3n) is 3.93. The van der Waals surface area contributed by atoms with Gasteiger partial charge in [0.15, 0.2) is 0 Å². The summed E-state index contributed by atoms with van der Waals surface area (Å²) in [5, 5.41) is 2.87. The summed E-state index contributed by atoms with van der Waals surface area (Å²) in [5.74, 6) is 0.456. The molecule has 2 aromatic heterocycles. The summed E-state index contributed by atoms with van der Waals surface area (Å²) in [5.41, 5.74) is 3.01. The number of hydrogen-bond acceptors (Lipinski definition) is 3. The maximum Gasteiger partial charge on any atom is 0.255 e. The molecule has 1 N–H and O–H groups in total. The topological polar surface area (TPSA) is 55.6 Å². The first-order valence-electron chi connectivity index (χ1n) is 8.30. The highest BCUT2D eigenvalue weighted by Crippen LogP contribution is 2.17. The van der Waals surface area contributed by atoms with Gasteiger partial charge in [-0.3, -0.25) is 4.79 Å². The second-order valence-electron chi connectivity index (χ2n) is 5.84. The van der Waals surface area contributed by atoms with Crippen LogP contribution in [0.1, 0.15) is 16.1 Å². The van der Waals surface area contributed by atoms with Crippen LogP contribution in [0, 0.1) is 0 Å². The first-order valence-corrected chi connectivity index (χ1v) is 8.30. The van der Waals surface area contributed by atoms with Crippen LogP contribution in [0.15, 0.2) is 85.2 Å². The zero-order valence-corrected chi connectivity index (χ0v) is 14.0. The lowest BCUT2D eigenvalue weighted by molar-refractivity contribution is 0.102. The van der Waals surface area contributed by atoms with Gasteiger partial charge in [0.05, 0.1) is 5.69 Å². The van der Waals surface area contributed by atoms with E-state index in [0.29, 0.717) is 17.9 Å². The second kappa shape index (κ2) is 7.11.